The lowest BCUT2D eigenvalue weighted by Gasteiger charge is -2.36. The molecule has 1 aromatic carbocycles. The first-order valence-corrected chi connectivity index (χ1v) is 13.4. The van der Waals surface area contributed by atoms with Crippen molar-refractivity contribution in [1.29, 1.82) is 0 Å². The fraction of sp³-hybridized carbons (Fsp3) is 0.607. The predicted molar refractivity (Wildman–Crippen MR) is 136 cm³/mol. The zero-order valence-corrected chi connectivity index (χ0v) is 21.3. The van der Waals surface area contributed by atoms with E-state index >= 15 is 0 Å². The Bertz CT molecular complexity index is 1030. The first-order valence-electron chi connectivity index (χ1n) is 13.4. The van der Waals surface area contributed by atoms with Gasteiger partial charge in [-0.15, -0.1) is 0 Å². The molecule has 2 heterocycles. The maximum absolute atomic E-state index is 13.8. The Labute approximate surface area is 213 Å². The summed E-state index contributed by atoms with van der Waals surface area (Å²) in [6, 6.07) is 7.01. The quantitative estimate of drug-likeness (QED) is 0.527. The molecule has 3 amide bonds. The van der Waals surface area contributed by atoms with Crippen molar-refractivity contribution in [2.75, 3.05) is 13.7 Å². The van der Waals surface area contributed by atoms with E-state index in [9.17, 15) is 14.4 Å². The molecule has 5 atom stereocenters. The number of benzene rings is 1. The van der Waals surface area contributed by atoms with Crippen LogP contribution in [-0.4, -0.2) is 60.6 Å². The molecule has 36 heavy (non-hydrogen) atoms. The third-order valence-corrected chi connectivity index (χ3v) is 8.64. The maximum Gasteiger partial charge on any atom is 0.247 e. The van der Waals surface area contributed by atoms with Gasteiger partial charge >= 0.3 is 0 Å². The highest BCUT2D eigenvalue weighted by atomic mass is 16.5. The molecule has 194 valence electrons. The van der Waals surface area contributed by atoms with E-state index in [1.54, 1.807) is 18.9 Å². The molecular weight excluding hydrogens is 456 g/mol. The van der Waals surface area contributed by atoms with Gasteiger partial charge in [-0.3, -0.25) is 14.4 Å². The van der Waals surface area contributed by atoms with Crippen LogP contribution in [0.1, 0.15) is 69.0 Å². The van der Waals surface area contributed by atoms with Crippen LogP contribution in [0.15, 0.2) is 36.4 Å². The molecule has 0 aromatic heterocycles. The zero-order chi connectivity index (χ0) is 25.3. The molecule has 1 aromatic rings. The Balaban J connectivity index is 1.35. The lowest BCUT2D eigenvalue weighted by Crippen LogP contribution is -2.55. The van der Waals surface area contributed by atoms with Gasteiger partial charge in [0.25, 0.3) is 0 Å². The molecule has 2 fully saturated rings. The second-order valence-corrected chi connectivity index (χ2v) is 10.8. The molecule has 2 saturated heterocycles. The lowest BCUT2D eigenvalue weighted by atomic mass is 9.76. The molecule has 8 nitrogen and oxygen atoms in total. The monoisotopic (exact) mass is 494 g/mol. The van der Waals surface area contributed by atoms with Crippen LogP contribution in [-0.2, 0) is 25.5 Å². The van der Waals surface area contributed by atoms with E-state index in [4.69, 9.17) is 4.74 Å². The number of nitrogens with zero attached hydrogens (tertiary/aromatic N) is 1. The number of hydrogen-bond donors (Lipinski definition) is 3. The largest absolute Gasteiger partial charge is 0.358 e. The molecule has 1 unspecified atom stereocenters. The number of carbonyl (C=O) groups excluding carboxylic acids is 3. The van der Waals surface area contributed by atoms with Crippen molar-refractivity contribution in [3.05, 3.63) is 47.5 Å². The van der Waals surface area contributed by atoms with Gasteiger partial charge in [0, 0.05) is 30.7 Å². The smallest absolute Gasteiger partial charge is 0.247 e. The Kier molecular flexibility index (Phi) is 7.17. The molecule has 5 rings (SSSR count). The van der Waals surface area contributed by atoms with Crippen LogP contribution in [0.4, 0.5) is 0 Å². The van der Waals surface area contributed by atoms with Crippen LogP contribution in [0, 0.1) is 5.41 Å². The first kappa shape index (κ1) is 25.0. The summed E-state index contributed by atoms with van der Waals surface area (Å²) in [4.78, 5) is 41.7. The fourth-order valence-electron chi connectivity index (χ4n) is 6.51. The normalized spacial score (nSPS) is 29.4. The molecule has 0 saturated carbocycles. The number of fused-ring (bicyclic) bond motifs is 2. The standard InChI is InChI=1S/C28H38N4O4/c1-18(29-2)26(34)31-22-12-15-36-25-17-28(13-5-6-14-28)23(32(25)27(22)35)16-24(33)30-21-11-7-9-19-8-3-4-10-20(19)21/h3-6,8,10,18,21-23,25,29H,7,9,11-17H2,1-2H3,(H,30,33)(H,31,34)/t18-,21+,22-,23?,25-/m0/s1. The highest BCUT2D eigenvalue weighted by Crippen LogP contribution is 2.51. The number of hydrogen-bond acceptors (Lipinski definition) is 5. The van der Waals surface area contributed by atoms with Gasteiger partial charge in [-0.2, -0.15) is 0 Å². The molecule has 0 bridgehead atoms. The van der Waals surface area contributed by atoms with E-state index in [2.05, 4.69) is 46.3 Å². The van der Waals surface area contributed by atoms with Crippen molar-refractivity contribution in [1.82, 2.24) is 20.9 Å². The Morgan fingerprint density at radius 3 is 2.69 bits per heavy atom. The van der Waals surface area contributed by atoms with Crippen LogP contribution >= 0.6 is 0 Å². The van der Waals surface area contributed by atoms with Gasteiger partial charge in [0.15, 0.2) is 0 Å². The summed E-state index contributed by atoms with van der Waals surface area (Å²) in [6.07, 6.45) is 10.00. The van der Waals surface area contributed by atoms with E-state index in [0.29, 0.717) is 19.4 Å². The van der Waals surface area contributed by atoms with Crippen molar-refractivity contribution >= 4 is 17.7 Å². The number of amides is 3. The number of ether oxygens (including phenoxy) is 1. The summed E-state index contributed by atoms with van der Waals surface area (Å²) in [6.45, 7) is 2.16. The zero-order valence-electron chi connectivity index (χ0n) is 21.3. The minimum atomic E-state index is -0.654. The summed E-state index contributed by atoms with van der Waals surface area (Å²) >= 11 is 0. The molecule has 4 aliphatic rings. The Hall–Kier alpha value is -2.71. The second kappa shape index (κ2) is 10.3. The van der Waals surface area contributed by atoms with Gasteiger partial charge in [-0.25, -0.2) is 0 Å². The molecule has 2 aliphatic carbocycles. The van der Waals surface area contributed by atoms with E-state index in [1.807, 2.05) is 6.07 Å². The van der Waals surface area contributed by atoms with E-state index in [1.165, 1.54) is 11.1 Å². The third kappa shape index (κ3) is 4.68. The van der Waals surface area contributed by atoms with Crippen LogP contribution in [0.2, 0.25) is 0 Å². The first-order chi connectivity index (χ1) is 17.4. The second-order valence-electron chi connectivity index (χ2n) is 10.8. The Morgan fingerprint density at radius 1 is 1.14 bits per heavy atom. The molecule has 1 spiro atoms. The molecule has 2 aliphatic heterocycles. The highest BCUT2D eigenvalue weighted by Gasteiger charge is 2.56. The summed E-state index contributed by atoms with van der Waals surface area (Å²) in [7, 11) is 1.72. The van der Waals surface area contributed by atoms with Gasteiger partial charge in [0.1, 0.15) is 12.3 Å². The topological polar surface area (TPSA) is 99.8 Å². The third-order valence-electron chi connectivity index (χ3n) is 8.64. The number of carbonyl (C=O) groups is 3. The fourth-order valence-corrected chi connectivity index (χ4v) is 6.51. The molecule has 0 radical (unpaired) electrons. The minimum absolute atomic E-state index is 0.00320. The molecule has 8 heteroatoms. The van der Waals surface area contributed by atoms with Crippen molar-refractivity contribution in [3.8, 4) is 0 Å². The van der Waals surface area contributed by atoms with Crippen LogP contribution in [0.3, 0.4) is 0 Å². The van der Waals surface area contributed by atoms with E-state index in [0.717, 1.165) is 32.1 Å². The summed E-state index contributed by atoms with van der Waals surface area (Å²) in [5, 5.41) is 9.12. The van der Waals surface area contributed by atoms with Crippen LogP contribution in [0.5, 0.6) is 0 Å². The van der Waals surface area contributed by atoms with Crippen molar-refractivity contribution in [3.63, 3.8) is 0 Å². The average Bonchev–Trinajstić information content (AvgIpc) is 3.43. The van der Waals surface area contributed by atoms with Gasteiger partial charge < -0.3 is 25.6 Å². The van der Waals surface area contributed by atoms with Crippen molar-refractivity contribution in [2.24, 2.45) is 5.41 Å². The number of rotatable bonds is 6. The Morgan fingerprint density at radius 2 is 1.92 bits per heavy atom. The molecular formula is C28H38N4O4. The summed E-state index contributed by atoms with van der Waals surface area (Å²) in [5.41, 5.74) is 2.30. The lowest BCUT2D eigenvalue weighted by molar-refractivity contribution is -0.145. The van der Waals surface area contributed by atoms with Gasteiger partial charge in [-0.1, -0.05) is 36.4 Å². The average molecular weight is 495 g/mol. The van der Waals surface area contributed by atoms with Crippen molar-refractivity contribution < 1.29 is 19.1 Å². The number of likely N-dealkylation sites (N-methyl/N-ethyl adjacent to an activating group) is 1. The summed E-state index contributed by atoms with van der Waals surface area (Å²) in [5.74, 6) is -0.384. The summed E-state index contributed by atoms with van der Waals surface area (Å²) < 4.78 is 6.17. The number of aryl methyl sites for hydroxylation is 1. The van der Waals surface area contributed by atoms with E-state index < -0.39 is 12.1 Å². The number of allylic oxidation sites excluding steroid dienone is 2. The van der Waals surface area contributed by atoms with Crippen LogP contribution < -0.4 is 16.0 Å². The van der Waals surface area contributed by atoms with Crippen LogP contribution in [0.25, 0.3) is 0 Å². The van der Waals surface area contributed by atoms with Gasteiger partial charge in [0.05, 0.1) is 18.7 Å². The highest BCUT2D eigenvalue weighted by molar-refractivity contribution is 5.90. The SMILES string of the molecule is CN[C@@H](C)C(=O)N[C@H]1CCO[C@H]2CC3(CC=CC3)C(CC(=O)N[C@@H]3CCCc4ccccc43)N2C1=O. The van der Waals surface area contributed by atoms with Crippen molar-refractivity contribution in [2.45, 2.75) is 88.7 Å². The molecule has 3 N–H and O–H groups in total. The van der Waals surface area contributed by atoms with Gasteiger partial charge in [0.2, 0.25) is 17.7 Å². The van der Waals surface area contributed by atoms with E-state index in [-0.39, 0.29) is 47.9 Å². The maximum atomic E-state index is 13.8. The minimum Gasteiger partial charge on any atom is -0.358 e. The predicted octanol–water partition coefficient (Wildman–Crippen LogP) is 2.35. The van der Waals surface area contributed by atoms with Gasteiger partial charge in [-0.05, 0) is 57.2 Å². The number of nitrogens with one attached hydrogen (secondary N) is 3.